The first-order valence-electron chi connectivity index (χ1n) is 10.9. The molecule has 1 amide bonds. The van der Waals surface area contributed by atoms with Gasteiger partial charge in [-0.1, -0.05) is 54.6 Å². The molecule has 0 saturated carbocycles. The van der Waals surface area contributed by atoms with E-state index in [0.717, 1.165) is 0 Å². The molecular formula is C28H20N2O6. The van der Waals surface area contributed by atoms with Gasteiger partial charge >= 0.3 is 5.97 Å². The second kappa shape index (κ2) is 10.9. The van der Waals surface area contributed by atoms with Crippen molar-refractivity contribution in [1.29, 1.82) is 0 Å². The zero-order valence-electron chi connectivity index (χ0n) is 18.9. The van der Waals surface area contributed by atoms with Gasteiger partial charge in [-0.25, -0.2) is 4.79 Å². The number of nitro benzene ring substituents is 1. The Bertz CT molecular complexity index is 1400. The summed E-state index contributed by atoms with van der Waals surface area (Å²) >= 11 is 0. The van der Waals surface area contributed by atoms with Gasteiger partial charge in [0.25, 0.3) is 11.6 Å². The molecule has 0 bridgehead atoms. The van der Waals surface area contributed by atoms with E-state index in [0.29, 0.717) is 16.8 Å². The van der Waals surface area contributed by atoms with Crippen LogP contribution in [0.5, 0.6) is 0 Å². The molecule has 4 aromatic rings. The van der Waals surface area contributed by atoms with Gasteiger partial charge in [0.2, 0.25) is 5.78 Å². The number of nitro groups is 1. The maximum Gasteiger partial charge on any atom is 0.339 e. The van der Waals surface area contributed by atoms with Gasteiger partial charge in [-0.15, -0.1) is 0 Å². The van der Waals surface area contributed by atoms with E-state index in [4.69, 9.17) is 4.74 Å². The number of anilines is 1. The molecule has 8 heteroatoms. The number of rotatable bonds is 8. The van der Waals surface area contributed by atoms with Gasteiger partial charge in [-0.2, -0.15) is 0 Å². The van der Waals surface area contributed by atoms with Gasteiger partial charge in [0.15, 0.2) is 6.10 Å². The number of ether oxygens (including phenoxy) is 1. The molecule has 178 valence electrons. The Morgan fingerprint density at radius 1 is 0.722 bits per heavy atom. The summed E-state index contributed by atoms with van der Waals surface area (Å²) < 4.78 is 5.61. The number of non-ortho nitro benzene ring substituents is 1. The number of nitrogens with zero attached hydrogens (tertiary/aromatic N) is 1. The van der Waals surface area contributed by atoms with Gasteiger partial charge in [0.1, 0.15) is 0 Å². The quantitative estimate of drug-likeness (QED) is 0.151. The van der Waals surface area contributed by atoms with E-state index in [-0.39, 0.29) is 22.7 Å². The van der Waals surface area contributed by atoms with E-state index in [9.17, 15) is 24.5 Å². The Kier molecular flexibility index (Phi) is 7.26. The third-order valence-corrected chi connectivity index (χ3v) is 5.32. The first kappa shape index (κ1) is 24.0. The molecule has 4 rings (SSSR count). The third-order valence-electron chi connectivity index (χ3n) is 5.32. The van der Waals surface area contributed by atoms with Crippen LogP contribution in [0.1, 0.15) is 42.7 Å². The molecule has 0 radical (unpaired) electrons. The highest BCUT2D eigenvalue weighted by molar-refractivity contribution is 6.05. The average molecular weight is 480 g/mol. The summed E-state index contributed by atoms with van der Waals surface area (Å²) in [6, 6.07) is 28.3. The van der Waals surface area contributed by atoms with E-state index in [1.54, 1.807) is 72.8 Å². The molecule has 0 saturated heterocycles. The topological polar surface area (TPSA) is 116 Å². The van der Waals surface area contributed by atoms with Crippen LogP contribution in [-0.4, -0.2) is 22.6 Å². The Hall–Kier alpha value is -5.11. The van der Waals surface area contributed by atoms with E-state index in [1.807, 2.05) is 0 Å². The second-order valence-corrected chi connectivity index (χ2v) is 7.77. The van der Waals surface area contributed by atoms with Gasteiger partial charge in [-0.3, -0.25) is 19.7 Å². The lowest BCUT2D eigenvalue weighted by molar-refractivity contribution is -0.384. The predicted octanol–water partition coefficient (Wildman–Crippen LogP) is 5.63. The molecule has 1 N–H and O–H groups in total. The largest absolute Gasteiger partial charge is 0.445 e. The normalized spacial score (nSPS) is 11.2. The molecule has 36 heavy (non-hydrogen) atoms. The first-order valence-corrected chi connectivity index (χ1v) is 10.9. The Morgan fingerprint density at radius 3 is 1.92 bits per heavy atom. The summed E-state index contributed by atoms with van der Waals surface area (Å²) in [5.74, 6) is -1.62. The number of carbonyl (C=O) groups is 3. The number of amides is 1. The molecule has 0 spiro atoms. The van der Waals surface area contributed by atoms with E-state index < -0.39 is 22.8 Å². The maximum atomic E-state index is 13.2. The number of hydrogen-bond acceptors (Lipinski definition) is 6. The lowest BCUT2D eigenvalue weighted by Crippen LogP contribution is -2.20. The Labute approximate surface area is 206 Å². The second-order valence-electron chi connectivity index (χ2n) is 7.77. The van der Waals surface area contributed by atoms with Crippen molar-refractivity contribution >= 4 is 29.0 Å². The van der Waals surface area contributed by atoms with Crippen LogP contribution in [0.4, 0.5) is 11.4 Å². The summed E-state index contributed by atoms with van der Waals surface area (Å²) in [5.41, 5.74) is 1.40. The lowest BCUT2D eigenvalue weighted by atomic mass is 9.99. The van der Waals surface area contributed by atoms with Gasteiger partial charge in [0.05, 0.1) is 10.5 Å². The molecule has 8 nitrogen and oxygen atoms in total. The SMILES string of the molecule is O=C(Nc1cccc(C(=O)O[C@H](C(=O)c2ccccc2)c2ccc([N+](=O)[O-])cc2)c1)c1ccccc1. The monoisotopic (exact) mass is 480 g/mol. The summed E-state index contributed by atoms with van der Waals surface area (Å²) in [6.07, 6.45) is -1.33. The molecule has 0 aliphatic rings. The Morgan fingerprint density at radius 2 is 1.31 bits per heavy atom. The van der Waals surface area contributed by atoms with Crippen LogP contribution < -0.4 is 5.32 Å². The number of ketones is 1. The summed E-state index contributed by atoms with van der Waals surface area (Å²) in [7, 11) is 0. The molecule has 0 unspecified atom stereocenters. The smallest absolute Gasteiger partial charge is 0.339 e. The minimum absolute atomic E-state index is 0.119. The van der Waals surface area contributed by atoms with Crippen molar-refractivity contribution in [3.05, 3.63) is 142 Å². The maximum absolute atomic E-state index is 13.2. The Balaban J connectivity index is 1.58. The number of hydrogen-bond donors (Lipinski definition) is 1. The standard InChI is InChI=1S/C28H20N2O6/c31-25(19-8-3-1-4-9-19)26(20-14-16-24(17-15-20)30(34)35)36-28(33)22-12-7-13-23(18-22)29-27(32)21-10-5-2-6-11-21/h1-18,26H,(H,29,32)/t26-/m0/s1. The highest BCUT2D eigenvalue weighted by Gasteiger charge is 2.27. The minimum Gasteiger partial charge on any atom is -0.445 e. The molecular weight excluding hydrogens is 460 g/mol. The molecule has 0 heterocycles. The number of benzene rings is 4. The van der Waals surface area contributed by atoms with Gasteiger partial charge in [0, 0.05) is 34.5 Å². The van der Waals surface area contributed by atoms with Crippen LogP contribution in [-0.2, 0) is 4.74 Å². The molecule has 4 aromatic carbocycles. The van der Waals surface area contributed by atoms with Crippen molar-refractivity contribution in [3.63, 3.8) is 0 Å². The minimum atomic E-state index is -1.33. The van der Waals surface area contributed by atoms with Crippen molar-refractivity contribution < 1.29 is 24.0 Å². The first-order chi connectivity index (χ1) is 17.4. The van der Waals surface area contributed by atoms with Crippen molar-refractivity contribution in [1.82, 2.24) is 0 Å². The van der Waals surface area contributed by atoms with Crippen molar-refractivity contribution in [2.24, 2.45) is 0 Å². The molecule has 1 atom stereocenters. The van der Waals surface area contributed by atoms with Gasteiger partial charge in [-0.05, 0) is 42.5 Å². The average Bonchev–Trinajstić information content (AvgIpc) is 2.92. The zero-order chi connectivity index (χ0) is 25.5. The van der Waals surface area contributed by atoms with Crippen molar-refractivity contribution in [2.45, 2.75) is 6.10 Å². The van der Waals surface area contributed by atoms with Crippen LogP contribution in [0.2, 0.25) is 0 Å². The zero-order valence-corrected chi connectivity index (χ0v) is 18.9. The highest BCUT2D eigenvalue weighted by atomic mass is 16.6. The lowest BCUT2D eigenvalue weighted by Gasteiger charge is -2.18. The van der Waals surface area contributed by atoms with E-state index in [1.165, 1.54) is 36.4 Å². The van der Waals surface area contributed by atoms with Crippen LogP contribution in [0.3, 0.4) is 0 Å². The van der Waals surface area contributed by atoms with E-state index in [2.05, 4.69) is 5.32 Å². The molecule has 0 aromatic heterocycles. The highest BCUT2D eigenvalue weighted by Crippen LogP contribution is 2.26. The molecule has 0 aliphatic carbocycles. The molecule has 0 aliphatic heterocycles. The fourth-order valence-electron chi connectivity index (χ4n) is 3.49. The predicted molar refractivity (Wildman–Crippen MR) is 133 cm³/mol. The number of Topliss-reactive ketones (excluding diaryl/α,β-unsaturated/α-hetero) is 1. The van der Waals surface area contributed by atoms with Crippen LogP contribution in [0, 0.1) is 10.1 Å². The van der Waals surface area contributed by atoms with Crippen molar-refractivity contribution in [3.8, 4) is 0 Å². The number of carbonyl (C=O) groups excluding carboxylic acids is 3. The number of nitrogens with one attached hydrogen (secondary N) is 1. The van der Waals surface area contributed by atoms with Crippen LogP contribution in [0.25, 0.3) is 0 Å². The van der Waals surface area contributed by atoms with Gasteiger partial charge < -0.3 is 10.1 Å². The number of esters is 1. The molecule has 0 fully saturated rings. The van der Waals surface area contributed by atoms with Crippen molar-refractivity contribution in [2.75, 3.05) is 5.32 Å². The van der Waals surface area contributed by atoms with Crippen LogP contribution >= 0.6 is 0 Å². The fraction of sp³-hybridized carbons (Fsp3) is 0.0357. The van der Waals surface area contributed by atoms with Crippen LogP contribution in [0.15, 0.2) is 109 Å². The summed E-state index contributed by atoms with van der Waals surface area (Å²) in [4.78, 5) is 49.2. The fourth-order valence-corrected chi connectivity index (χ4v) is 3.49. The van der Waals surface area contributed by atoms with E-state index >= 15 is 0 Å². The summed E-state index contributed by atoms with van der Waals surface area (Å²) in [5, 5.41) is 13.7. The third kappa shape index (κ3) is 5.68. The summed E-state index contributed by atoms with van der Waals surface area (Å²) in [6.45, 7) is 0.